The second-order valence-corrected chi connectivity index (χ2v) is 6.30. The average Bonchev–Trinajstić information content (AvgIpc) is 2.69. The molecule has 2 amide bonds. The zero-order chi connectivity index (χ0) is 20.3. The molecule has 2 aromatic rings. The minimum Gasteiger partial charge on any atom is -0.399 e. The number of hydrogen-bond acceptors (Lipinski definition) is 6. The summed E-state index contributed by atoms with van der Waals surface area (Å²) in [6.07, 6.45) is -3.00. The summed E-state index contributed by atoms with van der Waals surface area (Å²) in [5.41, 5.74) is 13.1. The van der Waals surface area contributed by atoms with Crippen molar-refractivity contribution < 1.29 is 19.4 Å². The summed E-state index contributed by atoms with van der Waals surface area (Å²) in [5.74, 6) is -1.37. The molecule has 9 nitrogen and oxygen atoms in total. The zero-order valence-electron chi connectivity index (χ0n) is 15.0. The van der Waals surface area contributed by atoms with Crippen LogP contribution >= 0.6 is 0 Å². The molecular formula is C19H21N5O4. The van der Waals surface area contributed by atoms with Crippen LogP contribution in [-0.4, -0.2) is 48.1 Å². The molecule has 0 bridgehead atoms. The number of morpholine rings is 1. The number of rotatable bonds is 5. The molecule has 0 radical (unpaired) electrons. The van der Waals surface area contributed by atoms with Crippen molar-refractivity contribution in [2.45, 2.75) is 12.2 Å². The Kier molecular flexibility index (Phi) is 5.57. The van der Waals surface area contributed by atoms with Crippen LogP contribution in [0.4, 0.5) is 17.1 Å². The third-order valence-electron chi connectivity index (χ3n) is 4.35. The van der Waals surface area contributed by atoms with Gasteiger partial charge in [0.15, 0.2) is 12.2 Å². The van der Waals surface area contributed by atoms with E-state index in [1.54, 1.807) is 48.5 Å². The predicted octanol–water partition coefficient (Wildman–Crippen LogP) is 0.284. The number of anilines is 3. The van der Waals surface area contributed by atoms with E-state index in [1.807, 2.05) is 0 Å². The molecule has 2 atom stereocenters. The number of nitrogens with two attached hydrogens (primary N) is 2. The Labute approximate surface area is 161 Å². The van der Waals surface area contributed by atoms with E-state index >= 15 is 0 Å². The van der Waals surface area contributed by atoms with E-state index in [0.29, 0.717) is 29.2 Å². The van der Waals surface area contributed by atoms with Gasteiger partial charge in [-0.05, 0) is 48.5 Å². The van der Waals surface area contributed by atoms with Gasteiger partial charge < -0.3 is 31.5 Å². The molecule has 0 saturated carbocycles. The van der Waals surface area contributed by atoms with Crippen molar-refractivity contribution in [3.8, 4) is 0 Å². The van der Waals surface area contributed by atoms with Gasteiger partial charge in [-0.25, -0.2) is 0 Å². The van der Waals surface area contributed by atoms with Crippen molar-refractivity contribution in [3.63, 3.8) is 0 Å². The number of carbonyl (C=O) groups excluding carboxylic acids is 2. The standard InChI is InChI=1S/C19H21N5O4/c20-12-3-7-14(8-4-12)24-9-10-28-16(19(24)27)15(25)18(26)23-13-5-1-11(2-6-13)17(21)22/h1-8,15-16,25H,9-10,20H2,(H3,21,22)(H,23,26)/t15?,16-/m1/s1. The van der Waals surface area contributed by atoms with Gasteiger partial charge in [0, 0.05) is 29.2 Å². The van der Waals surface area contributed by atoms with Crippen molar-refractivity contribution in [2.75, 3.05) is 29.1 Å². The molecule has 3 rings (SSSR count). The van der Waals surface area contributed by atoms with Crippen molar-refractivity contribution in [1.29, 1.82) is 5.41 Å². The van der Waals surface area contributed by atoms with E-state index in [4.69, 9.17) is 21.6 Å². The van der Waals surface area contributed by atoms with Crippen LogP contribution in [-0.2, 0) is 14.3 Å². The molecule has 1 aliphatic heterocycles. The second kappa shape index (κ2) is 8.07. The van der Waals surface area contributed by atoms with Crippen LogP contribution in [0.3, 0.4) is 0 Å². The van der Waals surface area contributed by atoms with Gasteiger partial charge in [0.2, 0.25) is 0 Å². The molecule has 0 aliphatic carbocycles. The molecule has 146 valence electrons. The molecule has 1 aliphatic rings. The Balaban J connectivity index is 1.69. The van der Waals surface area contributed by atoms with Crippen LogP contribution in [0.25, 0.3) is 0 Å². The lowest BCUT2D eigenvalue weighted by Gasteiger charge is -2.34. The van der Waals surface area contributed by atoms with E-state index in [1.165, 1.54) is 4.90 Å². The van der Waals surface area contributed by atoms with Gasteiger partial charge in [-0.3, -0.25) is 15.0 Å². The Morgan fingerprint density at radius 2 is 1.86 bits per heavy atom. The molecule has 0 aromatic heterocycles. The summed E-state index contributed by atoms with van der Waals surface area (Å²) >= 11 is 0. The Morgan fingerprint density at radius 1 is 1.21 bits per heavy atom. The van der Waals surface area contributed by atoms with Gasteiger partial charge in [0.25, 0.3) is 11.8 Å². The van der Waals surface area contributed by atoms with Crippen molar-refractivity contribution in [2.24, 2.45) is 5.73 Å². The molecular weight excluding hydrogens is 362 g/mol. The molecule has 1 saturated heterocycles. The number of carbonyl (C=O) groups is 2. The molecule has 7 N–H and O–H groups in total. The number of amidine groups is 1. The van der Waals surface area contributed by atoms with E-state index in [0.717, 1.165) is 0 Å². The molecule has 2 aromatic carbocycles. The van der Waals surface area contributed by atoms with Crippen LogP contribution in [0, 0.1) is 5.41 Å². The number of aliphatic hydroxyl groups is 1. The summed E-state index contributed by atoms with van der Waals surface area (Å²) in [4.78, 5) is 26.5. The van der Waals surface area contributed by atoms with E-state index in [2.05, 4.69) is 5.32 Å². The van der Waals surface area contributed by atoms with Gasteiger partial charge in [-0.1, -0.05) is 0 Å². The summed E-state index contributed by atoms with van der Waals surface area (Å²) in [6, 6.07) is 12.9. The first-order valence-electron chi connectivity index (χ1n) is 8.59. The van der Waals surface area contributed by atoms with Crippen molar-refractivity contribution >= 4 is 34.7 Å². The smallest absolute Gasteiger partial charge is 0.259 e. The predicted molar refractivity (Wildman–Crippen MR) is 105 cm³/mol. The first kappa shape index (κ1) is 19.3. The second-order valence-electron chi connectivity index (χ2n) is 6.30. The SMILES string of the molecule is N=C(N)c1ccc(NC(=O)C(O)[C@H]2OCCN(c3ccc(N)cc3)C2=O)cc1. The highest BCUT2D eigenvalue weighted by molar-refractivity contribution is 6.04. The number of amides is 2. The quantitative estimate of drug-likeness (QED) is 0.284. The number of hydrogen-bond donors (Lipinski definition) is 5. The van der Waals surface area contributed by atoms with E-state index in [9.17, 15) is 14.7 Å². The van der Waals surface area contributed by atoms with Gasteiger partial charge >= 0.3 is 0 Å². The number of benzene rings is 2. The van der Waals surface area contributed by atoms with Gasteiger partial charge in [-0.2, -0.15) is 0 Å². The first-order chi connectivity index (χ1) is 13.4. The molecule has 1 fully saturated rings. The van der Waals surface area contributed by atoms with Crippen LogP contribution < -0.4 is 21.7 Å². The van der Waals surface area contributed by atoms with Crippen LogP contribution in [0.5, 0.6) is 0 Å². The van der Waals surface area contributed by atoms with Crippen LogP contribution in [0.15, 0.2) is 48.5 Å². The largest absolute Gasteiger partial charge is 0.399 e. The molecule has 0 spiro atoms. The molecule has 9 heteroatoms. The third-order valence-corrected chi connectivity index (χ3v) is 4.35. The Hall–Kier alpha value is -3.43. The minimum atomic E-state index is -1.68. The summed E-state index contributed by atoms with van der Waals surface area (Å²) < 4.78 is 5.37. The molecule has 1 unspecified atom stereocenters. The van der Waals surface area contributed by atoms with Gasteiger partial charge in [-0.15, -0.1) is 0 Å². The minimum absolute atomic E-state index is 0.0955. The Morgan fingerprint density at radius 3 is 2.46 bits per heavy atom. The van der Waals surface area contributed by atoms with E-state index < -0.39 is 24.0 Å². The molecule has 28 heavy (non-hydrogen) atoms. The highest BCUT2D eigenvalue weighted by Crippen LogP contribution is 2.22. The van der Waals surface area contributed by atoms with Crippen LogP contribution in [0.2, 0.25) is 0 Å². The van der Waals surface area contributed by atoms with Crippen molar-refractivity contribution in [1.82, 2.24) is 0 Å². The summed E-state index contributed by atoms with van der Waals surface area (Å²) in [6.45, 7) is 0.485. The summed E-state index contributed by atoms with van der Waals surface area (Å²) in [7, 11) is 0. The Bertz CT molecular complexity index is 882. The monoisotopic (exact) mass is 383 g/mol. The zero-order valence-corrected chi connectivity index (χ0v) is 15.0. The van der Waals surface area contributed by atoms with Crippen molar-refractivity contribution in [3.05, 3.63) is 54.1 Å². The highest BCUT2D eigenvalue weighted by Gasteiger charge is 2.39. The van der Waals surface area contributed by atoms with Crippen LogP contribution in [0.1, 0.15) is 5.56 Å². The number of nitrogens with zero attached hydrogens (tertiary/aromatic N) is 1. The maximum Gasteiger partial charge on any atom is 0.259 e. The lowest BCUT2D eigenvalue weighted by atomic mass is 10.1. The maximum atomic E-state index is 12.7. The first-order valence-corrected chi connectivity index (χ1v) is 8.59. The number of nitrogen functional groups attached to an aromatic ring is 2. The lowest BCUT2D eigenvalue weighted by molar-refractivity contribution is -0.150. The number of nitrogens with one attached hydrogen (secondary N) is 2. The third kappa shape index (κ3) is 4.11. The van der Waals surface area contributed by atoms with Gasteiger partial charge in [0.1, 0.15) is 5.84 Å². The number of aliphatic hydroxyl groups excluding tert-OH is 1. The summed E-state index contributed by atoms with van der Waals surface area (Å²) in [5, 5.41) is 20.2. The maximum absolute atomic E-state index is 12.7. The lowest BCUT2D eigenvalue weighted by Crippen LogP contribution is -2.55. The topological polar surface area (TPSA) is 155 Å². The fraction of sp³-hybridized carbons (Fsp3) is 0.211. The van der Waals surface area contributed by atoms with Gasteiger partial charge in [0.05, 0.1) is 6.61 Å². The fourth-order valence-electron chi connectivity index (χ4n) is 2.83. The molecule has 1 heterocycles. The number of ether oxygens (including phenoxy) is 1. The normalized spacial score (nSPS) is 17.8. The van der Waals surface area contributed by atoms with E-state index in [-0.39, 0.29) is 12.4 Å². The highest BCUT2D eigenvalue weighted by atomic mass is 16.5. The average molecular weight is 383 g/mol. The fourth-order valence-corrected chi connectivity index (χ4v) is 2.83.